The molecule has 1 atom stereocenters. The lowest BCUT2D eigenvalue weighted by atomic mass is 10.2. The molecule has 0 aromatic carbocycles. The molecule has 0 aliphatic carbocycles. The summed E-state index contributed by atoms with van der Waals surface area (Å²) in [6.07, 6.45) is 10.3. The van der Waals surface area contributed by atoms with Crippen molar-refractivity contribution in [1.29, 1.82) is 0 Å². The monoisotopic (exact) mass is 300 g/mol. The van der Waals surface area contributed by atoms with Crippen molar-refractivity contribution in [1.82, 2.24) is 0 Å². The topological polar surface area (TPSA) is 52.6 Å². The highest BCUT2D eigenvalue weighted by molar-refractivity contribution is 5.66. The first-order valence-electron chi connectivity index (χ1n) is 6.82. The smallest absolute Gasteiger partial charge is 0.303 e. The van der Waals surface area contributed by atoms with Crippen LogP contribution >= 0.6 is 0 Å². The van der Waals surface area contributed by atoms with E-state index in [2.05, 4.69) is 23.7 Å². The van der Waals surface area contributed by atoms with Gasteiger partial charge >= 0.3 is 11.9 Å². The predicted octanol–water partition coefficient (Wildman–Crippen LogP) is 2.57. The Hall–Kier alpha value is -2.72. The number of ether oxygens (including phenoxy) is 2. The molecule has 0 saturated carbocycles. The van der Waals surface area contributed by atoms with Crippen LogP contribution in [0.1, 0.15) is 27.2 Å². The predicted molar refractivity (Wildman–Crippen MR) is 85.5 cm³/mol. The number of esters is 2. The molecule has 0 saturated heterocycles. The minimum atomic E-state index is -0.441. The molecule has 22 heavy (non-hydrogen) atoms. The first kappa shape index (κ1) is 19.3. The summed E-state index contributed by atoms with van der Waals surface area (Å²) < 4.78 is 9.91. The molecule has 0 radical (unpaired) electrons. The fourth-order valence-electron chi connectivity index (χ4n) is 1.26. The molecule has 0 aromatic rings. The molecule has 0 heterocycles. The Labute approximate surface area is 131 Å². The first-order chi connectivity index (χ1) is 10.6. The lowest BCUT2D eigenvalue weighted by Crippen LogP contribution is -2.17. The summed E-state index contributed by atoms with van der Waals surface area (Å²) in [5.74, 6) is 10.1. The number of carbonyl (C=O) groups is 2. The van der Waals surface area contributed by atoms with Gasteiger partial charge in [0, 0.05) is 20.3 Å². The molecule has 0 N–H and O–H groups in total. The quantitative estimate of drug-likeness (QED) is 0.430. The Morgan fingerprint density at radius 3 is 2.32 bits per heavy atom. The molecule has 0 spiro atoms. The van der Waals surface area contributed by atoms with Gasteiger partial charge in [-0.3, -0.25) is 9.59 Å². The fourth-order valence-corrected chi connectivity index (χ4v) is 1.26. The van der Waals surface area contributed by atoms with Crippen molar-refractivity contribution in [3.63, 3.8) is 0 Å². The summed E-state index contributed by atoms with van der Waals surface area (Å²) in [6, 6.07) is 0. The minimum Gasteiger partial charge on any atom is -0.466 e. The van der Waals surface area contributed by atoms with E-state index in [1.807, 2.05) is 13.0 Å². The van der Waals surface area contributed by atoms with Crippen molar-refractivity contribution in [2.75, 3.05) is 6.61 Å². The van der Waals surface area contributed by atoms with E-state index in [1.165, 1.54) is 13.8 Å². The number of hydrogen-bond donors (Lipinski definition) is 0. The molecule has 1 unspecified atom stereocenters. The van der Waals surface area contributed by atoms with Gasteiger partial charge in [0.2, 0.25) is 0 Å². The van der Waals surface area contributed by atoms with Gasteiger partial charge in [-0.15, -0.1) is 0 Å². The van der Waals surface area contributed by atoms with E-state index in [1.54, 1.807) is 30.4 Å². The molecule has 4 heteroatoms. The molecule has 0 bridgehead atoms. The van der Waals surface area contributed by atoms with Crippen LogP contribution in [0.25, 0.3) is 0 Å². The molecule has 0 aliphatic heterocycles. The van der Waals surface area contributed by atoms with Crippen LogP contribution in [0.15, 0.2) is 36.5 Å². The van der Waals surface area contributed by atoms with Crippen LogP contribution in [0.2, 0.25) is 0 Å². The highest BCUT2D eigenvalue weighted by Gasteiger charge is 2.08. The van der Waals surface area contributed by atoms with Gasteiger partial charge in [0.15, 0.2) is 0 Å². The lowest BCUT2D eigenvalue weighted by molar-refractivity contribution is -0.146. The third kappa shape index (κ3) is 13.7. The van der Waals surface area contributed by atoms with Crippen molar-refractivity contribution in [2.45, 2.75) is 33.3 Å². The summed E-state index contributed by atoms with van der Waals surface area (Å²) in [5, 5.41) is 0. The molecular weight excluding hydrogens is 280 g/mol. The number of hydrogen-bond acceptors (Lipinski definition) is 4. The van der Waals surface area contributed by atoms with Gasteiger partial charge in [-0.25, -0.2) is 0 Å². The van der Waals surface area contributed by atoms with E-state index in [0.717, 1.165) is 0 Å². The van der Waals surface area contributed by atoms with Crippen LogP contribution in [0, 0.1) is 23.7 Å². The van der Waals surface area contributed by atoms with Crippen LogP contribution < -0.4 is 0 Å². The van der Waals surface area contributed by atoms with Gasteiger partial charge in [-0.2, -0.15) is 0 Å². The zero-order chi connectivity index (χ0) is 16.6. The molecule has 0 rings (SSSR count). The largest absolute Gasteiger partial charge is 0.466 e. The zero-order valence-electron chi connectivity index (χ0n) is 13.1. The summed E-state index contributed by atoms with van der Waals surface area (Å²) in [7, 11) is 0. The van der Waals surface area contributed by atoms with E-state index in [-0.39, 0.29) is 18.5 Å². The van der Waals surface area contributed by atoms with Crippen molar-refractivity contribution >= 4 is 11.9 Å². The van der Waals surface area contributed by atoms with Crippen LogP contribution in [-0.2, 0) is 19.1 Å². The second kappa shape index (κ2) is 13.3. The Balaban J connectivity index is 4.36. The standard InChI is InChI=1S/C18H20O4/c1-4-5-6-7-8-9-10-11-12-13-18(22-17(3)20)14-15-21-16(2)19/h4-5,10-13,18H,14-15H2,1-3H3/b5-4+,11-10+,13-12+. The normalized spacial score (nSPS) is 11.6. The summed E-state index contributed by atoms with van der Waals surface area (Å²) >= 11 is 0. The molecular formula is C18H20O4. The second-order valence-corrected chi connectivity index (χ2v) is 4.06. The summed E-state index contributed by atoms with van der Waals surface area (Å²) in [4.78, 5) is 21.7. The van der Waals surface area contributed by atoms with Crippen LogP contribution in [0.5, 0.6) is 0 Å². The van der Waals surface area contributed by atoms with E-state index >= 15 is 0 Å². The van der Waals surface area contributed by atoms with Gasteiger partial charge in [0.25, 0.3) is 0 Å². The number of allylic oxidation sites excluding steroid dienone is 5. The zero-order valence-corrected chi connectivity index (χ0v) is 13.1. The number of rotatable bonds is 6. The second-order valence-electron chi connectivity index (χ2n) is 4.06. The SMILES string of the molecule is C/C=C/C#CC#C/C=C/C=C/C(CCOC(C)=O)OC(C)=O. The van der Waals surface area contributed by atoms with Crippen LogP contribution in [0.4, 0.5) is 0 Å². The number of carbonyl (C=O) groups excluding carboxylic acids is 2. The summed E-state index contributed by atoms with van der Waals surface area (Å²) in [6.45, 7) is 4.74. The third-order valence-corrected chi connectivity index (χ3v) is 2.10. The molecule has 0 fully saturated rings. The van der Waals surface area contributed by atoms with Crippen molar-refractivity contribution in [2.24, 2.45) is 0 Å². The van der Waals surface area contributed by atoms with Crippen molar-refractivity contribution < 1.29 is 19.1 Å². The van der Waals surface area contributed by atoms with Gasteiger partial charge in [0.1, 0.15) is 6.10 Å². The molecule has 116 valence electrons. The molecule has 0 amide bonds. The summed E-state index contributed by atoms with van der Waals surface area (Å²) in [5.41, 5.74) is 0. The average molecular weight is 300 g/mol. The highest BCUT2D eigenvalue weighted by atomic mass is 16.6. The van der Waals surface area contributed by atoms with E-state index in [9.17, 15) is 9.59 Å². The third-order valence-electron chi connectivity index (χ3n) is 2.10. The lowest BCUT2D eigenvalue weighted by Gasteiger charge is -2.12. The maximum Gasteiger partial charge on any atom is 0.303 e. The maximum absolute atomic E-state index is 11.0. The van der Waals surface area contributed by atoms with Gasteiger partial charge in [-0.05, 0) is 37.0 Å². The fraction of sp³-hybridized carbons (Fsp3) is 0.333. The molecule has 0 aliphatic rings. The minimum absolute atomic E-state index is 0.196. The van der Waals surface area contributed by atoms with Crippen molar-refractivity contribution in [3.8, 4) is 23.7 Å². The van der Waals surface area contributed by atoms with Crippen LogP contribution in [0.3, 0.4) is 0 Å². The van der Waals surface area contributed by atoms with Gasteiger partial charge < -0.3 is 9.47 Å². The Morgan fingerprint density at radius 1 is 1.05 bits per heavy atom. The molecule has 4 nitrogen and oxygen atoms in total. The average Bonchev–Trinajstić information content (AvgIpc) is 2.44. The highest BCUT2D eigenvalue weighted by Crippen LogP contribution is 2.02. The Morgan fingerprint density at radius 2 is 1.73 bits per heavy atom. The van der Waals surface area contributed by atoms with Gasteiger partial charge in [-0.1, -0.05) is 30.1 Å². The molecule has 0 aromatic heterocycles. The van der Waals surface area contributed by atoms with E-state index in [0.29, 0.717) is 6.42 Å². The van der Waals surface area contributed by atoms with Crippen LogP contribution in [-0.4, -0.2) is 24.6 Å². The van der Waals surface area contributed by atoms with Gasteiger partial charge in [0.05, 0.1) is 6.61 Å². The van der Waals surface area contributed by atoms with E-state index < -0.39 is 6.10 Å². The maximum atomic E-state index is 11.0. The van der Waals surface area contributed by atoms with Crippen molar-refractivity contribution in [3.05, 3.63) is 36.5 Å². The van der Waals surface area contributed by atoms with E-state index in [4.69, 9.17) is 9.47 Å². The first-order valence-corrected chi connectivity index (χ1v) is 6.82. The Kier molecular flexibility index (Phi) is 11.6. The Bertz CT molecular complexity index is 559.